The molecule has 0 saturated heterocycles. The number of hydrogen-bond donors (Lipinski definition) is 1. The standard InChI is InChI=1S/C9H10ClN3O3/c1-16-5-6-7(9(14)15)8(10)13(12-6)4-2-3-11/h2,4-5H2,1H3,(H,14,15). The van der Waals surface area contributed by atoms with E-state index in [1.54, 1.807) is 0 Å². The summed E-state index contributed by atoms with van der Waals surface area (Å²) < 4.78 is 6.12. The first-order chi connectivity index (χ1) is 7.61. The summed E-state index contributed by atoms with van der Waals surface area (Å²) in [4.78, 5) is 10.9. The minimum atomic E-state index is -1.15. The van der Waals surface area contributed by atoms with Crippen molar-refractivity contribution in [1.82, 2.24) is 9.78 Å². The van der Waals surface area contributed by atoms with E-state index in [4.69, 9.17) is 26.7 Å². The van der Waals surface area contributed by atoms with Crippen LogP contribution in [0.3, 0.4) is 0 Å². The molecule has 7 heteroatoms. The lowest BCUT2D eigenvalue weighted by Gasteiger charge is -1.97. The molecule has 1 heterocycles. The summed E-state index contributed by atoms with van der Waals surface area (Å²) in [5, 5.41) is 21.4. The number of ether oxygens (including phenoxy) is 1. The summed E-state index contributed by atoms with van der Waals surface area (Å²) in [6.07, 6.45) is 0.215. The summed E-state index contributed by atoms with van der Waals surface area (Å²) in [6, 6.07) is 1.94. The molecular weight excluding hydrogens is 234 g/mol. The highest BCUT2D eigenvalue weighted by Crippen LogP contribution is 2.21. The molecule has 0 unspecified atom stereocenters. The first kappa shape index (κ1) is 12.5. The number of aryl methyl sites for hydroxylation is 1. The van der Waals surface area contributed by atoms with Crippen molar-refractivity contribution in [2.24, 2.45) is 0 Å². The molecule has 6 nitrogen and oxygen atoms in total. The monoisotopic (exact) mass is 243 g/mol. The number of aromatic carboxylic acids is 1. The fraction of sp³-hybridized carbons (Fsp3) is 0.444. The average molecular weight is 244 g/mol. The zero-order chi connectivity index (χ0) is 12.1. The van der Waals surface area contributed by atoms with Gasteiger partial charge in [0, 0.05) is 7.11 Å². The lowest BCUT2D eigenvalue weighted by Crippen LogP contribution is -2.01. The van der Waals surface area contributed by atoms with Crippen molar-refractivity contribution in [3.8, 4) is 6.07 Å². The fourth-order valence-corrected chi connectivity index (χ4v) is 1.55. The van der Waals surface area contributed by atoms with E-state index < -0.39 is 5.97 Å². The summed E-state index contributed by atoms with van der Waals surface area (Å²) in [6.45, 7) is 0.334. The Bertz CT molecular complexity index is 436. The Morgan fingerprint density at radius 1 is 1.75 bits per heavy atom. The number of methoxy groups -OCH3 is 1. The van der Waals surface area contributed by atoms with Crippen LogP contribution in [0.25, 0.3) is 0 Å². The van der Waals surface area contributed by atoms with Crippen molar-refractivity contribution < 1.29 is 14.6 Å². The van der Waals surface area contributed by atoms with Gasteiger partial charge < -0.3 is 9.84 Å². The number of aromatic nitrogens is 2. The third kappa shape index (κ3) is 2.51. The van der Waals surface area contributed by atoms with E-state index >= 15 is 0 Å². The predicted molar refractivity (Wildman–Crippen MR) is 55.1 cm³/mol. The van der Waals surface area contributed by atoms with Gasteiger partial charge in [-0.3, -0.25) is 4.68 Å². The molecule has 1 N–H and O–H groups in total. The maximum atomic E-state index is 10.9. The first-order valence-electron chi connectivity index (χ1n) is 4.46. The van der Waals surface area contributed by atoms with Crippen LogP contribution in [0.4, 0.5) is 0 Å². The Morgan fingerprint density at radius 3 is 2.94 bits per heavy atom. The quantitative estimate of drug-likeness (QED) is 0.842. The van der Waals surface area contributed by atoms with Crippen molar-refractivity contribution in [3.63, 3.8) is 0 Å². The molecule has 0 radical (unpaired) electrons. The third-order valence-corrected chi connectivity index (χ3v) is 2.28. The van der Waals surface area contributed by atoms with Gasteiger partial charge in [0.2, 0.25) is 0 Å². The first-order valence-corrected chi connectivity index (χ1v) is 4.84. The van der Waals surface area contributed by atoms with Crippen LogP contribution in [0.5, 0.6) is 0 Å². The molecule has 1 rings (SSSR count). The van der Waals surface area contributed by atoms with E-state index in [1.807, 2.05) is 6.07 Å². The second-order valence-corrected chi connectivity index (χ2v) is 3.34. The summed E-state index contributed by atoms with van der Waals surface area (Å²) in [5.41, 5.74) is 0.194. The van der Waals surface area contributed by atoms with Crippen LogP contribution >= 0.6 is 11.6 Å². The summed E-state index contributed by atoms with van der Waals surface area (Å²) in [7, 11) is 1.44. The molecule has 0 spiro atoms. The molecule has 86 valence electrons. The van der Waals surface area contributed by atoms with Gasteiger partial charge in [0.25, 0.3) is 0 Å². The zero-order valence-corrected chi connectivity index (χ0v) is 9.36. The summed E-state index contributed by atoms with van der Waals surface area (Å²) >= 11 is 5.85. The second kappa shape index (κ2) is 5.49. The highest BCUT2D eigenvalue weighted by Gasteiger charge is 2.21. The minimum absolute atomic E-state index is 0.0230. The van der Waals surface area contributed by atoms with Gasteiger partial charge in [0.1, 0.15) is 16.4 Å². The molecule has 0 aliphatic heterocycles. The molecule has 16 heavy (non-hydrogen) atoms. The Balaban J connectivity index is 3.09. The van der Waals surface area contributed by atoms with Crippen molar-refractivity contribution in [1.29, 1.82) is 5.26 Å². The predicted octanol–water partition coefficient (Wildman–Crippen LogP) is 1.29. The van der Waals surface area contributed by atoms with Crippen molar-refractivity contribution in [2.45, 2.75) is 19.6 Å². The maximum Gasteiger partial charge on any atom is 0.340 e. The van der Waals surface area contributed by atoms with Gasteiger partial charge in [-0.05, 0) is 0 Å². The normalized spacial score (nSPS) is 10.1. The van der Waals surface area contributed by atoms with Gasteiger partial charge in [-0.1, -0.05) is 11.6 Å². The van der Waals surface area contributed by atoms with Gasteiger partial charge in [-0.25, -0.2) is 4.79 Å². The number of carbonyl (C=O) groups is 1. The van der Waals surface area contributed by atoms with Crippen LogP contribution in [-0.4, -0.2) is 28.0 Å². The fourth-order valence-electron chi connectivity index (χ4n) is 1.24. The Hall–Kier alpha value is -1.58. The minimum Gasteiger partial charge on any atom is -0.478 e. The third-order valence-electron chi connectivity index (χ3n) is 1.89. The van der Waals surface area contributed by atoms with Gasteiger partial charge >= 0.3 is 5.97 Å². The topological polar surface area (TPSA) is 88.1 Å². The van der Waals surface area contributed by atoms with Crippen LogP contribution in [0.2, 0.25) is 5.15 Å². The van der Waals surface area contributed by atoms with E-state index in [2.05, 4.69) is 5.10 Å². The molecule has 0 amide bonds. The van der Waals surface area contributed by atoms with Gasteiger partial charge in [-0.15, -0.1) is 0 Å². The molecule has 0 saturated carbocycles. The summed E-state index contributed by atoms with van der Waals surface area (Å²) in [5.74, 6) is -1.15. The van der Waals surface area contributed by atoms with Gasteiger partial charge in [0.15, 0.2) is 0 Å². The van der Waals surface area contributed by atoms with E-state index in [1.165, 1.54) is 11.8 Å². The average Bonchev–Trinajstić information content (AvgIpc) is 2.53. The number of halogens is 1. The molecule has 0 aromatic carbocycles. The van der Waals surface area contributed by atoms with E-state index in [0.29, 0.717) is 0 Å². The van der Waals surface area contributed by atoms with Gasteiger partial charge in [-0.2, -0.15) is 10.4 Å². The highest BCUT2D eigenvalue weighted by atomic mass is 35.5. The van der Waals surface area contributed by atoms with Crippen LogP contribution in [0.15, 0.2) is 0 Å². The number of nitriles is 1. The Morgan fingerprint density at radius 2 is 2.44 bits per heavy atom. The maximum absolute atomic E-state index is 10.9. The Kier molecular flexibility index (Phi) is 4.28. The van der Waals surface area contributed by atoms with E-state index in [0.717, 1.165) is 0 Å². The number of hydrogen-bond acceptors (Lipinski definition) is 4. The Labute approximate surface area is 97.0 Å². The van der Waals surface area contributed by atoms with Crippen LogP contribution in [0.1, 0.15) is 22.5 Å². The van der Waals surface area contributed by atoms with Crippen molar-refractivity contribution >= 4 is 17.6 Å². The largest absolute Gasteiger partial charge is 0.478 e. The van der Waals surface area contributed by atoms with E-state index in [-0.39, 0.29) is 36.0 Å². The van der Waals surface area contributed by atoms with Gasteiger partial charge in [0.05, 0.1) is 25.6 Å². The van der Waals surface area contributed by atoms with E-state index in [9.17, 15) is 4.79 Å². The highest BCUT2D eigenvalue weighted by molar-refractivity contribution is 6.32. The second-order valence-electron chi connectivity index (χ2n) is 2.98. The number of nitrogens with zero attached hydrogens (tertiary/aromatic N) is 3. The van der Waals surface area contributed by atoms with Crippen LogP contribution < -0.4 is 0 Å². The molecule has 1 aromatic heterocycles. The number of rotatable bonds is 5. The molecule has 0 aliphatic rings. The van der Waals surface area contributed by atoms with Crippen molar-refractivity contribution in [3.05, 3.63) is 16.4 Å². The van der Waals surface area contributed by atoms with Crippen LogP contribution in [-0.2, 0) is 17.9 Å². The van der Waals surface area contributed by atoms with Crippen LogP contribution in [0, 0.1) is 11.3 Å². The molecule has 0 atom stereocenters. The smallest absolute Gasteiger partial charge is 0.340 e. The molecule has 0 fully saturated rings. The molecule has 1 aromatic rings. The number of carboxylic acid groups (broad SMARTS) is 1. The number of carboxylic acids is 1. The SMILES string of the molecule is COCc1nn(CCC#N)c(Cl)c1C(=O)O. The lowest BCUT2D eigenvalue weighted by atomic mass is 10.2. The molecule has 0 bridgehead atoms. The molecule has 0 aliphatic carbocycles. The molecular formula is C9H10ClN3O3. The lowest BCUT2D eigenvalue weighted by molar-refractivity contribution is 0.0692. The zero-order valence-electron chi connectivity index (χ0n) is 8.60. The van der Waals surface area contributed by atoms with Crippen molar-refractivity contribution in [2.75, 3.05) is 7.11 Å².